The van der Waals surface area contributed by atoms with Gasteiger partial charge in [0, 0.05) is 44.6 Å². The summed E-state index contributed by atoms with van der Waals surface area (Å²) in [7, 11) is 3.49. The van der Waals surface area contributed by atoms with Crippen molar-refractivity contribution in [2.45, 2.75) is 26.4 Å². The standard InChI is InChI=1S/C19H33N5O2S.HI/c1-15(2)17(24-7-9-26-10-8-24)13-21-19(22-14-18(25)23(3)4)20-12-16-6-5-11-27-16;/h5-6,11,15,17H,7-10,12-14H2,1-4H3,(H2,20,21,22);1H. The van der Waals surface area contributed by atoms with Crippen LogP contribution in [-0.4, -0.2) is 81.2 Å². The molecule has 7 nitrogen and oxygen atoms in total. The first-order valence-corrected chi connectivity index (χ1v) is 10.4. The van der Waals surface area contributed by atoms with Crippen LogP contribution in [0.4, 0.5) is 0 Å². The zero-order chi connectivity index (χ0) is 19.6. The van der Waals surface area contributed by atoms with Crippen molar-refractivity contribution in [1.29, 1.82) is 0 Å². The van der Waals surface area contributed by atoms with E-state index in [1.807, 2.05) is 6.07 Å². The highest BCUT2D eigenvalue weighted by Gasteiger charge is 2.24. The Kier molecular flexibility index (Phi) is 12.0. The third-order valence-corrected chi connectivity index (χ3v) is 5.52. The van der Waals surface area contributed by atoms with Crippen LogP contribution in [-0.2, 0) is 16.1 Å². The molecule has 1 amide bonds. The van der Waals surface area contributed by atoms with E-state index in [1.54, 1.807) is 30.3 Å². The number of aliphatic imine (C=N–C) groups is 1. The Balaban J connectivity index is 0.00000392. The quantitative estimate of drug-likeness (QED) is 0.309. The molecule has 28 heavy (non-hydrogen) atoms. The zero-order valence-corrected chi connectivity index (χ0v) is 20.5. The number of nitrogens with one attached hydrogen (secondary N) is 2. The summed E-state index contributed by atoms with van der Waals surface area (Å²) in [5, 5.41) is 8.85. The van der Waals surface area contributed by atoms with E-state index in [9.17, 15) is 4.79 Å². The SMILES string of the molecule is CC(C)C(CNC(=NCC(=O)N(C)C)NCc1cccs1)N1CCOCC1.I. The summed E-state index contributed by atoms with van der Waals surface area (Å²) in [6, 6.07) is 4.52. The molecule has 0 aromatic carbocycles. The molecule has 0 aliphatic carbocycles. The van der Waals surface area contributed by atoms with Crippen LogP contribution >= 0.6 is 35.3 Å². The Morgan fingerprint density at radius 2 is 2.04 bits per heavy atom. The fraction of sp³-hybridized carbons (Fsp3) is 0.684. The minimum atomic E-state index is -0.0131. The fourth-order valence-corrected chi connectivity index (χ4v) is 3.59. The maximum Gasteiger partial charge on any atom is 0.243 e. The first-order chi connectivity index (χ1) is 13.0. The number of carbonyl (C=O) groups excluding carboxylic acids is 1. The molecule has 0 saturated carbocycles. The molecule has 1 aromatic rings. The van der Waals surface area contributed by atoms with Gasteiger partial charge in [0.25, 0.3) is 0 Å². The van der Waals surface area contributed by atoms with Crippen molar-refractivity contribution in [1.82, 2.24) is 20.4 Å². The molecule has 1 unspecified atom stereocenters. The third-order valence-electron chi connectivity index (χ3n) is 4.64. The second-order valence-electron chi connectivity index (χ2n) is 7.23. The lowest BCUT2D eigenvalue weighted by Crippen LogP contribution is -2.52. The molecule has 160 valence electrons. The number of halogens is 1. The average Bonchev–Trinajstić information content (AvgIpc) is 3.17. The van der Waals surface area contributed by atoms with Gasteiger partial charge in [-0.15, -0.1) is 35.3 Å². The van der Waals surface area contributed by atoms with Crippen molar-refractivity contribution in [3.8, 4) is 0 Å². The van der Waals surface area contributed by atoms with E-state index in [1.165, 1.54) is 4.88 Å². The Hall–Kier alpha value is -0.910. The number of likely N-dealkylation sites (N-methyl/N-ethyl adjacent to an activating group) is 1. The van der Waals surface area contributed by atoms with Crippen molar-refractivity contribution in [2.24, 2.45) is 10.9 Å². The predicted octanol–water partition coefficient (Wildman–Crippen LogP) is 1.85. The van der Waals surface area contributed by atoms with Crippen LogP contribution in [0.15, 0.2) is 22.5 Å². The van der Waals surface area contributed by atoms with Gasteiger partial charge in [0.2, 0.25) is 5.91 Å². The lowest BCUT2D eigenvalue weighted by Gasteiger charge is -2.37. The second-order valence-corrected chi connectivity index (χ2v) is 8.26. The highest BCUT2D eigenvalue weighted by molar-refractivity contribution is 14.0. The monoisotopic (exact) mass is 523 g/mol. The smallest absolute Gasteiger partial charge is 0.243 e. The van der Waals surface area contributed by atoms with Gasteiger partial charge in [0.05, 0.1) is 19.8 Å². The van der Waals surface area contributed by atoms with E-state index in [-0.39, 0.29) is 36.4 Å². The Labute approximate surface area is 189 Å². The molecule has 2 N–H and O–H groups in total. The van der Waals surface area contributed by atoms with Crippen LogP contribution in [0.25, 0.3) is 0 Å². The largest absolute Gasteiger partial charge is 0.379 e. The molecule has 0 radical (unpaired) electrons. The summed E-state index contributed by atoms with van der Waals surface area (Å²) in [6.45, 7) is 9.60. The van der Waals surface area contributed by atoms with E-state index in [2.05, 4.69) is 45.8 Å². The van der Waals surface area contributed by atoms with Crippen LogP contribution in [0.1, 0.15) is 18.7 Å². The van der Waals surface area contributed by atoms with E-state index in [0.29, 0.717) is 24.5 Å². The van der Waals surface area contributed by atoms with Gasteiger partial charge in [0.1, 0.15) is 6.54 Å². The summed E-state index contributed by atoms with van der Waals surface area (Å²) >= 11 is 1.70. The van der Waals surface area contributed by atoms with Gasteiger partial charge in [0.15, 0.2) is 5.96 Å². The van der Waals surface area contributed by atoms with E-state index < -0.39 is 0 Å². The molecule has 0 spiro atoms. The molecule has 1 atom stereocenters. The second kappa shape index (κ2) is 13.3. The maximum absolute atomic E-state index is 11.9. The van der Waals surface area contributed by atoms with Crippen molar-refractivity contribution in [2.75, 3.05) is 53.5 Å². The maximum atomic E-state index is 11.9. The molecular weight excluding hydrogens is 489 g/mol. The summed E-state index contributed by atoms with van der Waals surface area (Å²) < 4.78 is 5.48. The molecule has 2 heterocycles. The zero-order valence-electron chi connectivity index (χ0n) is 17.3. The summed E-state index contributed by atoms with van der Waals surface area (Å²) in [5.41, 5.74) is 0. The number of morpholine rings is 1. The highest BCUT2D eigenvalue weighted by Crippen LogP contribution is 2.12. The summed E-state index contributed by atoms with van der Waals surface area (Å²) in [5.74, 6) is 1.18. The molecule has 1 fully saturated rings. The molecule has 1 saturated heterocycles. The number of hydrogen-bond acceptors (Lipinski definition) is 5. The number of hydrogen-bond donors (Lipinski definition) is 2. The van der Waals surface area contributed by atoms with Gasteiger partial charge in [-0.1, -0.05) is 19.9 Å². The van der Waals surface area contributed by atoms with Crippen molar-refractivity contribution >= 4 is 47.2 Å². The van der Waals surface area contributed by atoms with Crippen LogP contribution in [0.2, 0.25) is 0 Å². The molecule has 1 aromatic heterocycles. The molecule has 2 rings (SSSR count). The van der Waals surface area contributed by atoms with E-state index >= 15 is 0 Å². The van der Waals surface area contributed by atoms with Gasteiger partial charge < -0.3 is 20.3 Å². The van der Waals surface area contributed by atoms with Crippen LogP contribution in [0.3, 0.4) is 0 Å². The van der Waals surface area contributed by atoms with Crippen LogP contribution in [0.5, 0.6) is 0 Å². The summed E-state index contributed by atoms with van der Waals surface area (Å²) in [4.78, 5) is 21.7. The van der Waals surface area contributed by atoms with Gasteiger partial charge in [-0.05, 0) is 17.4 Å². The Morgan fingerprint density at radius 1 is 1.32 bits per heavy atom. The Morgan fingerprint density at radius 3 is 2.61 bits per heavy atom. The summed E-state index contributed by atoms with van der Waals surface area (Å²) in [6.07, 6.45) is 0. The van der Waals surface area contributed by atoms with Crippen LogP contribution in [0, 0.1) is 5.92 Å². The van der Waals surface area contributed by atoms with Crippen molar-refractivity contribution in [3.05, 3.63) is 22.4 Å². The van der Waals surface area contributed by atoms with Gasteiger partial charge in [-0.3, -0.25) is 9.69 Å². The Bertz CT molecular complexity index is 589. The van der Waals surface area contributed by atoms with Gasteiger partial charge in [-0.2, -0.15) is 0 Å². The predicted molar refractivity (Wildman–Crippen MR) is 127 cm³/mol. The number of amides is 1. The number of nitrogens with zero attached hydrogens (tertiary/aromatic N) is 3. The normalized spacial score (nSPS) is 16.4. The molecule has 1 aliphatic rings. The lowest BCUT2D eigenvalue weighted by atomic mass is 10.0. The number of guanidine groups is 1. The molecule has 1 aliphatic heterocycles. The first-order valence-electron chi connectivity index (χ1n) is 9.54. The molecular formula is C19H34IN5O2S. The minimum Gasteiger partial charge on any atom is -0.379 e. The van der Waals surface area contributed by atoms with Crippen molar-refractivity contribution in [3.63, 3.8) is 0 Å². The third kappa shape index (κ3) is 8.62. The average molecular weight is 523 g/mol. The minimum absolute atomic E-state index is 0. The van der Waals surface area contributed by atoms with Gasteiger partial charge >= 0.3 is 0 Å². The number of rotatable bonds is 8. The molecule has 0 bridgehead atoms. The van der Waals surface area contributed by atoms with E-state index in [0.717, 1.165) is 32.8 Å². The number of thiophene rings is 1. The lowest BCUT2D eigenvalue weighted by molar-refractivity contribution is -0.127. The number of carbonyl (C=O) groups is 1. The van der Waals surface area contributed by atoms with Crippen LogP contribution < -0.4 is 10.6 Å². The molecule has 9 heteroatoms. The first kappa shape index (κ1) is 25.1. The number of ether oxygens (including phenoxy) is 1. The van der Waals surface area contributed by atoms with Crippen molar-refractivity contribution < 1.29 is 9.53 Å². The highest BCUT2D eigenvalue weighted by atomic mass is 127. The van der Waals surface area contributed by atoms with E-state index in [4.69, 9.17) is 4.74 Å². The topological polar surface area (TPSA) is 69.2 Å². The van der Waals surface area contributed by atoms with Gasteiger partial charge in [-0.25, -0.2) is 4.99 Å². The fourth-order valence-electron chi connectivity index (χ4n) is 2.94.